The summed E-state index contributed by atoms with van der Waals surface area (Å²) >= 11 is 11.0. The molecule has 0 atom stereocenters. The molecule has 2 rings (SSSR count). The molecule has 0 saturated heterocycles. The lowest BCUT2D eigenvalue weighted by molar-refractivity contribution is -0.137. The van der Waals surface area contributed by atoms with Crippen molar-refractivity contribution in [3.05, 3.63) is 58.1 Å². The minimum atomic E-state index is -4.73. The Labute approximate surface area is 133 Å². The molecule has 0 heterocycles. The van der Waals surface area contributed by atoms with Gasteiger partial charge in [-0.05, 0) is 24.3 Å². The number of nitrogens with two attached hydrogens (primary N) is 1. The molecule has 2 aromatic carbocycles. The molecule has 0 bridgehead atoms. The number of rotatable bonds is 3. The van der Waals surface area contributed by atoms with E-state index in [9.17, 15) is 18.0 Å². The van der Waals surface area contributed by atoms with Gasteiger partial charge in [0.1, 0.15) is 11.9 Å². The SMILES string of the molecule is Nc1cc(C(=O)c2ccccc2OCl)c(Cl)c(C(F)(F)F)c1. The predicted octanol–water partition coefficient (Wildman–Crippen LogP) is 4.70. The highest BCUT2D eigenvalue weighted by Crippen LogP contribution is 2.39. The number of ketones is 1. The molecule has 0 aliphatic heterocycles. The summed E-state index contributed by atoms with van der Waals surface area (Å²) in [6.07, 6.45) is -4.73. The molecule has 2 aromatic rings. The fourth-order valence-electron chi connectivity index (χ4n) is 1.88. The maximum Gasteiger partial charge on any atom is 0.417 e. The van der Waals surface area contributed by atoms with E-state index in [1.165, 1.54) is 18.2 Å². The minimum absolute atomic E-state index is 0.00113. The highest BCUT2D eigenvalue weighted by molar-refractivity contribution is 6.36. The van der Waals surface area contributed by atoms with Crippen molar-refractivity contribution in [2.45, 2.75) is 6.18 Å². The first kappa shape index (κ1) is 16.5. The first-order valence-electron chi connectivity index (χ1n) is 5.84. The molecule has 0 aliphatic rings. The van der Waals surface area contributed by atoms with Gasteiger partial charge in [-0.15, -0.1) is 0 Å². The third kappa shape index (κ3) is 3.13. The Bertz CT molecular complexity index is 733. The van der Waals surface area contributed by atoms with Gasteiger partial charge in [0.2, 0.25) is 0 Å². The predicted molar refractivity (Wildman–Crippen MR) is 77.2 cm³/mol. The first-order valence-corrected chi connectivity index (χ1v) is 6.53. The van der Waals surface area contributed by atoms with Crippen molar-refractivity contribution in [2.75, 3.05) is 5.73 Å². The van der Waals surface area contributed by atoms with Gasteiger partial charge in [0.15, 0.2) is 11.5 Å². The molecule has 0 amide bonds. The lowest BCUT2D eigenvalue weighted by Gasteiger charge is -2.14. The quantitative estimate of drug-likeness (QED) is 0.645. The minimum Gasteiger partial charge on any atom is -0.399 e. The summed E-state index contributed by atoms with van der Waals surface area (Å²) in [5, 5.41) is -0.726. The van der Waals surface area contributed by atoms with Gasteiger partial charge in [-0.1, -0.05) is 23.7 Å². The van der Waals surface area contributed by atoms with Crippen LogP contribution in [0.1, 0.15) is 21.5 Å². The molecule has 0 aromatic heterocycles. The fraction of sp³-hybridized carbons (Fsp3) is 0.0714. The van der Waals surface area contributed by atoms with Crippen LogP contribution in [0.5, 0.6) is 5.75 Å². The maximum atomic E-state index is 12.9. The van der Waals surface area contributed by atoms with Crippen LogP contribution in [0.3, 0.4) is 0 Å². The number of benzene rings is 2. The number of nitrogen functional groups attached to an aromatic ring is 1. The van der Waals surface area contributed by atoms with Crippen molar-refractivity contribution in [1.82, 2.24) is 0 Å². The summed E-state index contributed by atoms with van der Waals surface area (Å²) in [6.45, 7) is 0. The zero-order valence-electron chi connectivity index (χ0n) is 10.7. The highest BCUT2D eigenvalue weighted by Gasteiger charge is 2.35. The van der Waals surface area contributed by atoms with Gasteiger partial charge < -0.3 is 10.0 Å². The van der Waals surface area contributed by atoms with Crippen LogP contribution in [0.15, 0.2) is 36.4 Å². The molecule has 0 aliphatic carbocycles. The normalized spacial score (nSPS) is 11.3. The van der Waals surface area contributed by atoms with Crippen LogP contribution < -0.4 is 10.0 Å². The molecule has 22 heavy (non-hydrogen) atoms. The molecule has 3 nitrogen and oxygen atoms in total. The smallest absolute Gasteiger partial charge is 0.399 e. The van der Waals surface area contributed by atoms with Crippen molar-refractivity contribution in [1.29, 1.82) is 0 Å². The topological polar surface area (TPSA) is 52.3 Å². The van der Waals surface area contributed by atoms with E-state index in [0.717, 1.165) is 6.07 Å². The molecule has 8 heteroatoms. The van der Waals surface area contributed by atoms with Crippen LogP contribution in [0.25, 0.3) is 0 Å². The number of hydrogen-bond acceptors (Lipinski definition) is 3. The van der Waals surface area contributed by atoms with Gasteiger partial charge in [-0.3, -0.25) is 4.79 Å². The van der Waals surface area contributed by atoms with Crippen LogP contribution in [0.4, 0.5) is 18.9 Å². The number of carbonyl (C=O) groups is 1. The molecule has 0 unspecified atom stereocenters. The number of para-hydroxylation sites is 1. The van der Waals surface area contributed by atoms with Crippen LogP contribution >= 0.6 is 23.5 Å². The second-order valence-corrected chi connectivity index (χ2v) is 4.86. The maximum absolute atomic E-state index is 12.9. The fourth-order valence-corrected chi connectivity index (χ4v) is 2.32. The Morgan fingerprint density at radius 3 is 2.36 bits per heavy atom. The summed E-state index contributed by atoms with van der Waals surface area (Å²) < 4.78 is 43.3. The lowest BCUT2D eigenvalue weighted by atomic mass is 9.99. The summed E-state index contributed by atoms with van der Waals surface area (Å²) in [6, 6.07) is 7.56. The van der Waals surface area contributed by atoms with Crippen molar-refractivity contribution < 1.29 is 22.3 Å². The monoisotopic (exact) mass is 349 g/mol. The van der Waals surface area contributed by atoms with E-state index in [1.54, 1.807) is 6.07 Å². The van der Waals surface area contributed by atoms with Crippen molar-refractivity contribution in [3.63, 3.8) is 0 Å². The third-order valence-corrected chi connectivity index (χ3v) is 3.43. The summed E-state index contributed by atoms with van der Waals surface area (Å²) in [7, 11) is 0. The van der Waals surface area contributed by atoms with E-state index in [1.807, 2.05) is 0 Å². The Balaban J connectivity index is 2.62. The van der Waals surface area contributed by atoms with E-state index in [4.69, 9.17) is 29.2 Å². The van der Waals surface area contributed by atoms with Crippen LogP contribution in [0.2, 0.25) is 5.02 Å². The van der Waals surface area contributed by atoms with E-state index >= 15 is 0 Å². The average Bonchev–Trinajstić information content (AvgIpc) is 2.47. The number of halogens is 5. The van der Waals surface area contributed by atoms with E-state index in [-0.39, 0.29) is 22.6 Å². The molecule has 0 spiro atoms. The van der Waals surface area contributed by atoms with Gasteiger partial charge >= 0.3 is 6.18 Å². The Morgan fingerprint density at radius 2 is 1.77 bits per heavy atom. The van der Waals surface area contributed by atoms with E-state index in [0.29, 0.717) is 6.07 Å². The largest absolute Gasteiger partial charge is 0.417 e. The van der Waals surface area contributed by atoms with Gasteiger partial charge in [-0.25, -0.2) is 0 Å². The number of alkyl halides is 3. The first-order chi connectivity index (χ1) is 10.3. The van der Waals surface area contributed by atoms with Gasteiger partial charge in [0.25, 0.3) is 0 Å². The summed E-state index contributed by atoms with van der Waals surface area (Å²) in [5.41, 5.74) is 3.62. The summed E-state index contributed by atoms with van der Waals surface area (Å²) in [4.78, 5) is 12.4. The van der Waals surface area contributed by atoms with E-state index in [2.05, 4.69) is 4.29 Å². The highest BCUT2D eigenvalue weighted by atomic mass is 35.5. The molecule has 0 radical (unpaired) electrons. The third-order valence-electron chi connectivity index (χ3n) is 2.86. The zero-order chi connectivity index (χ0) is 16.5. The molecular formula is C14H8Cl2F3NO2. The molecule has 116 valence electrons. The number of carbonyl (C=O) groups excluding carboxylic acids is 1. The molecular weight excluding hydrogens is 342 g/mol. The van der Waals surface area contributed by atoms with Gasteiger partial charge in [-0.2, -0.15) is 13.2 Å². The standard InChI is InChI=1S/C14H8Cl2F3NO2/c15-12-9(5-7(20)6-10(12)14(17,18)19)13(21)8-3-1-2-4-11(8)22-16/h1-6H,20H2. The number of hydrogen-bond donors (Lipinski definition) is 1. The molecule has 0 fully saturated rings. The zero-order valence-corrected chi connectivity index (χ0v) is 12.3. The lowest BCUT2D eigenvalue weighted by Crippen LogP contribution is -2.12. The Morgan fingerprint density at radius 1 is 1.14 bits per heavy atom. The average molecular weight is 350 g/mol. The van der Waals surface area contributed by atoms with Gasteiger partial charge in [0, 0.05) is 11.3 Å². The Kier molecular flexibility index (Phi) is 4.53. The number of anilines is 1. The van der Waals surface area contributed by atoms with Gasteiger partial charge in [0.05, 0.1) is 16.1 Å². The summed E-state index contributed by atoms with van der Waals surface area (Å²) in [5.74, 6) is -0.778. The van der Waals surface area contributed by atoms with Crippen molar-refractivity contribution in [2.24, 2.45) is 0 Å². The van der Waals surface area contributed by atoms with Crippen molar-refractivity contribution in [3.8, 4) is 5.75 Å². The Hall–Kier alpha value is -1.92. The van der Waals surface area contributed by atoms with Crippen LogP contribution in [-0.2, 0) is 6.18 Å². The second kappa shape index (κ2) is 6.06. The van der Waals surface area contributed by atoms with Crippen LogP contribution in [0, 0.1) is 0 Å². The molecule has 0 saturated carbocycles. The second-order valence-electron chi connectivity index (χ2n) is 4.33. The van der Waals surface area contributed by atoms with Crippen molar-refractivity contribution >= 4 is 34.9 Å². The van der Waals surface area contributed by atoms with Crippen LogP contribution in [-0.4, -0.2) is 5.78 Å². The molecule has 2 N–H and O–H groups in total. The van der Waals surface area contributed by atoms with E-state index < -0.39 is 22.5 Å².